The van der Waals surface area contributed by atoms with E-state index in [9.17, 15) is 0 Å². The number of para-hydroxylation sites is 1. The van der Waals surface area contributed by atoms with Crippen LogP contribution in [0.3, 0.4) is 0 Å². The van der Waals surface area contributed by atoms with Gasteiger partial charge in [0, 0.05) is 43.6 Å². The van der Waals surface area contributed by atoms with Crippen molar-refractivity contribution in [3.8, 4) is 51.0 Å². The molecule has 8 aromatic carbocycles. The Balaban J connectivity index is 1.25. The first-order valence-electron chi connectivity index (χ1n) is 18.1. The molecule has 11 rings (SSSR count). The monoisotopic (exact) mass is 690 g/mol. The lowest BCUT2D eigenvalue weighted by Crippen LogP contribution is -2.01. The molecule has 0 aliphatic carbocycles. The third-order valence-electron chi connectivity index (χ3n) is 10.4. The van der Waals surface area contributed by atoms with Crippen LogP contribution in [0.1, 0.15) is 0 Å². The Labute approximate surface area is 310 Å². The molecule has 0 aliphatic rings. The summed E-state index contributed by atoms with van der Waals surface area (Å²) < 4.78 is 9.33. The summed E-state index contributed by atoms with van der Waals surface area (Å²) in [6.45, 7) is 0. The van der Waals surface area contributed by atoms with Crippen LogP contribution in [-0.4, -0.2) is 19.5 Å². The van der Waals surface area contributed by atoms with E-state index in [1.54, 1.807) is 0 Å². The first-order valence-corrected chi connectivity index (χ1v) is 18.1. The van der Waals surface area contributed by atoms with E-state index in [1.165, 1.54) is 32.7 Å². The van der Waals surface area contributed by atoms with Gasteiger partial charge in [0.05, 0.1) is 16.7 Å². The second-order valence-corrected chi connectivity index (χ2v) is 13.6. The molecule has 5 heteroatoms. The summed E-state index contributed by atoms with van der Waals surface area (Å²) in [5.74, 6) is 1.82. The lowest BCUT2D eigenvalue weighted by molar-refractivity contribution is 0.666. The highest BCUT2D eigenvalue weighted by atomic mass is 16.3. The van der Waals surface area contributed by atoms with Crippen LogP contribution in [0.5, 0.6) is 0 Å². The Hall–Kier alpha value is -7.37. The molecular formula is C49H30N4O. The van der Waals surface area contributed by atoms with Gasteiger partial charge in [-0.3, -0.25) is 0 Å². The zero-order valence-electron chi connectivity index (χ0n) is 29.0. The standard InChI is InChI=1S/C49H30N4O/c1-4-15-31(16-5-1)35-24-14-25-40-43(35)38-28-27-32-17-10-11-22-36(32)45(38)53(40)41-30-29-39(44-37-23-12-13-26-42(37)54-46(41)44)49-51-47(33-18-6-2-7-19-33)50-48(52-49)34-20-8-3-9-21-34/h1-30H. The van der Waals surface area contributed by atoms with Crippen molar-refractivity contribution in [2.45, 2.75) is 0 Å². The highest BCUT2D eigenvalue weighted by molar-refractivity contribution is 6.23. The largest absolute Gasteiger partial charge is 0.454 e. The van der Waals surface area contributed by atoms with Crippen LogP contribution in [0.25, 0.3) is 105 Å². The number of furan rings is 1. The number of hydrogen-bond acceptors (Lipinski definition) is 4. The molecule has 0 radical (unpaired) electrons. The van der Waals surface area contributed by atoms with E-state index < -0.39 is 0 Å². The average molecular weight is 691 g/mol. The van der Waals surface area contributed by atoms with Crippen molar-refractivity contribution in [1.82, 2.24) is 19.5 Å². The minimum absolute atomic E-state index is 0.588. The maximum absolute atomic E-state index is 6.93. The number of hydrogen-bond donors (Lipinski definition) is 0. The first kappa shape index (κ1) is 30.3. The topological polar surface area (TPSA) is 56.7 Å². The van der Waals surface area contributed by atoms with E-state index in [1.807, 2.05) is 72.8 Å². The SMILES string of the molecule is c1ccc(-c2nc(-c3ccccc3)nc(-c3ccc(-n4c5cccc(-c6ccccc6)c5c5ccc6ccccc6c54)c4oc5ccccc5c34)n2)cc1. The zero-order valence-corrected chi connectivity index (χ0v) is 29.0. The summed E-state index contributed by atoms with van der Waals surface area (Å²) >= 11 is 0. The molecule has 3 heterocycles. The van der Waals surface area contributed by atoms with Gasteiger partial charge in [0.1, 0.15) is 5.58 Å². The number of nitrogens with zero attached hydrogens (tertiary/aromatic N) is 4. The fourth-order valence-corrected chi connectivity index (χ4v) is 8.04. The molecule has 0 atom stereocenters. The molecule has 54 heavy (non-hydrogen) atoms. The van der Waals surface area contributed by atoms with E-state index in [0.717, 1.165) is 55.3 Å². The quantitative estimate of drug-likeness (QED) is 0.180. The van der Waals surface area contributed by atoms with E-state index in [0.29, 0.717) is 17.5 Å². The molecule has 0 bridgehead atoms. The lowest BCUT2D eigenvalue weighted by atomic mass is 9.98. The summed E-state index contributed by atoms with van der Waals surface area (Å²) in [5, 5.41) is 6.71. The summed E-state index contributed by atoms with van der Waals surface area (Å²) in [4.78, 5) is 15.3. The predicted octanol–water partition coefficient (Wildman–Crippen LogP) is 12.7. The van der Waals surface area contributed by atoms with Crippen molar-refractivity contribution in [2.24, 2.45) is 0 Å². The summed E-state index contributed by atoms with van der Waals surface area (Å²) in [6, 6.07) is 63.2. The molecule has 0 N–H and O–H groups in total. The second-order valence-electron chi connectivity index (χ2n) is 13.6. The Bertz CT molecular complexity index is 3140. The van der Waals surface area contributed by atoms with Gasteiger partial charge in [-0.2, -0.15) is 0 Å². The van der Waals surface area contributed by atoms with Crippen LogP contribution >= 0.6 is 0 Å². The minimum atomic E-state index is 0.588. The fraction of sp³-hybridized carbons (Fsp3) is 0. The second kappa shape index (κ2) is 12.1. The van der Waals surface area contributed by atoms with E-state index in [-0.39, 0.29) is 0 Å². The molecule has 0 fully saturated rings. The van der Waals surface area contributed by atoms with Gasteiger partial charge in [0.25, 0.3) is 0 Å². The van der Waals surface area contributed by atoms with Crippen LogP contribution in [0, 0.1) is 0 Å². The van der Waals surface area contributed by atoms with E-state index in [4.69, 9.17) is 19.4 Å². The van der Waals surface area contributed by atoms with Gasteiger partial charge in [-0.25, -0.2) is 15.0 Å². The summed E-state index contributed by atoms with van der Waals surface area (Å²) in [7, 11) is 0. The Kier molecular flexibility index (Phi) is 6.79. The van der Waals surface area contributed by atoms with Gasteiger partial charge < -0.3 is 8.98 Å². The number of benzene rings is 8. The number of aromatic nitrogens is 4. The number of fused-ring (bicyclic) bond motifs is 8. The molecular weight excluding hydrogens is 661 g/mol. The molecule has 11 aromatic rings. The fourth-order valence-electron chi connectivity index (χ4n) is 8.04. The number of rotatable bonds is 5. The van der Waals surface area contributed by atoms with Crippen molar-refractivity contribution >= 4 is 54.5 Å². The summed E-state index contributed by atoms with van der Waals surface area (Å²) in [5.41, 5.74) is 9.87. The predicted molar refractivity (Wildman–Crippen MR) is 221 cm³/mol. The first-order chi connectivity index (χ1) is 26.8. The molecule has 0 spiro atoms. The molecule has 0 unspecified atom stereocenters. The van der Waals surface area contributed by atoms with Crippen LogP contribution < -0.4 is 0 Å². The van der Waals surface area contributed by atoms with E-state index in [2.05, 4.69) is 114 Å². The zero-order chi connectivity index (χ0) is 35.6. The molecule has 0 amide bonds. The van der Waals surface area contributed by atoms with Crippen molar-refractivity contribution in [1.29, 1.82) is 0 Å². The van der Waals surface area contributed by atoms with Gasteiger partial charge in [-0.1, -0.05) is 158 Å². The van der Waals surface area contributed by atoms with Crippen molar-refractivity contribution in [2.75, 3.05) is 0 Å². The molecule has 3 aromatic heterocycles. The molecule has 0 saturated carbocycles. The third-order valence-corrected chi connectivity index (χ3v) is 10.4. The average Bonchev–Trinajstić information content (AvgIpc) is 3.81. The van der Waals surface area contributed by atoms with Crippen LogP contribution in [0.15, 0.2) is 186 Å². The van der Waals surface area contributed by atoms with Gasteiger partial charge in [-0.15, -0.1) is 0 Å². The maximum Gasteiger partial charge on any atom is 0.164 e. The highest BCUT2D eigenvalue weighted by Gasteiger charge is 2.24. The van der Waals surface area contributed by atoms with E-state index >= 15 is 0 Å². The van der Waals surface area contributed by atoms with Crippen LogP contribution in [0.4, 0.5) is 0 Å². The Morgan fingerprint density at radius 2 is 1.00 bits per heavy atom. The molecule has 0 saturated heterocycles. The van der Waals surface area contributed by atoms with Crippen LogP contribution in [-0.2, 0) is 0 Å². The molecule has 0 aliphatic heterocycles. The highest BCUT2D eigenvalue weighted by Crippen LogP contribution is 2.45. The smallest absolute Gasteiger partial charge is 0.164 e. The lowest BCUT2D eigenvalue weighted by Gasteiger charge is -2.13. The van der Waals surface area contributed by atoms with Gasteiger partial charge in [0.2, 0.25) is 0 Å². The van der Waals surface area contributed by atoms with Crippen LogP contribution in [0.2, 0.25) is 0 Å². The van der Waals surface area contributed by atoms with Crippen molar-refractivity contribution in [3.63, 3.8) is 0 Å². The normalized spacial score (nSPS) is 11.7. The Morgan fingerprint density at radius 3 is 1.72 bits per heavy atom. The summed E-state index contributed by atoms with van der Waals surface area (Å²) in [6.07, 6.45) is 0. The maximum atomic E-state index is 6.93. The molecule has 252 valence electrons. The molecule has 5 nitrogen and oxygen atoms in total. The minimum Gasteiger partial charge on any atom is -0.454 e. The Morgan fingerprint density at radius 1 is 0.389 bits per heavy atom. The third kappa shape index (κ3) is 4.69. The van der Waals surface area contributed by atoms with Crippen molar-refractivity contribution < 1.29 is 4.42 Å². The van der Waals surface area contributed by atoms with Gasteiger partial charge >= 0.3 is 0 Å². The van der Waals surface area contributed by atoms with Gasteiger partial charge in [-0.05, 0) is 40.8 Å². The van der Waals surface area contributed by atoms with Crippen molar-refractivity contribution in [3.05, 3.63) is 182 Å². The van der Waals surface area contributed by atoms with Gasteiger partial charge in [0.15, 0.2) is 23.1 Å².